The van der Waals surface area contributed by atoms with Crippen molar-refractivity contribution >= 4 is 5.91 Å². The first kappa shape index (κ1) is 15.6. The van der Waals surface area contributed by atoms with Crippen LogP contribution in [0.25, 0.3) is 0 Å². The Hall–Kier alpha value is -2.74. The molecule has 0 aromatic heterocycles. The molecule has 0 saturated carbocycles. The van der Waals surface area contributed by atoms with Crippen LogP contribution < -0.4 is 5.32 Å². The van der Waals surface area contributed by atoms with Gasteiger partial charge in [-0.2, -0.15) is 13.2 Å². The highest BCUT2D eigenvalue weighted by molar-refractivity contribution is 5.94. The van der Waals surface area contributed by atoms with Crippen LogP contribution in [0.5, 0.6) is 0 Å². The maximum atomic E-state index is 12.4. The van der Waals surface area contributed by atoms with Gasteiger partial charge in [0.05, 0.1) is 5.56 Å². The van der Waals surface area contributed by atoms with Crippen LogP contribution in [-0.2, 0) is 6.18 Å². The van der Waals surface area contributed by atoms with Crippen molar-refractivity contribution in [1.29, 1.82) is 0 Å². The number of benzene rings is 2. The number of amides is 1. The summed E-state index contributed by atoms with van der Waals surface area (Å²) in [5.41, 5.74) is 0.978. The Bertz CT molecular complexity index is 720. The fourth-order valence-corrected chi connectivity index (χ4v) is 1.74. The molecule has 0 radical (unpaired) electrons. The summed E-state index contributed by atoms with van der Waals surface area (Å²) in [5, 5.41) is 2.51. The fraction of sp³-hybridized carbons (Fsp3) is 0.118. The standard InChI is InChI=1S/C17H12F3NO/c1-21-16(22)14-8-4-12(5-9-14)2-3-13-6-10-15(11-7-13)17(18,19)20/h4-11H,1H3,(H,21,22). The zero-order chi connectivity index (χ0) is 16.2. The van der Waals surface area contributed by atoms with Crippen LogP contribution in [0.2, 0.25) is 0 Å². The lowest BCUT2D eigenvalue weighted by molar-refractivity contribution is -0.137. The van der Waals surface area contributed by atoms with E-state index < -0.39 is 11.7 Å². The maximum Gasteiger partial charge on any atom is 0.416 e. The average Bonchev–Trinajstić information content (AvgIpc) is 2.52. The van der Waals surface area contributed by atoms with Crippen molar-refractivity contribution in [3.8, 4) is 11.8 Å². The van der Waals surface area contributed by atoms with E-state index in [9.17, 15) is 18.0 Å². The van der Waals surface area contributed by atoms with Gasteiger partial charge in [-0.3, -0.25) is 4.79 Å². The van der Waals surface area contributed by atoms with E-state index in [-0.39, 0.29) is 5.91 Å². The monoisotopic (exact) mass is 303 g/mol. The fourth-order valence-electron chi connectivity index (χ4n) is 1.74. The van der Waals surface area contributed by atoms with E-state index in [0.717, 1.165) is 12.1 Å². The van der Waals surface area contributed by atoms with Crippen LogP contribution in [-0.4, -0.2) is 13.0 Å². The molecule has 22 heavy (non-hydrogen) atoms. The van der Waals surface area contributed by atoms with E-state index >= 15 is 0 Å². The lowest BCUT2D eigenvalue weighted by Gasteiger charge is -2.05. The second-order valence-corrected chi connectivity index (χ2v) is 4.48. The number of carbonyl (C=O) groups is 1. The molecule has 0 aliphatic rings. The molecule has 0 heterocycles. The minimum atomic E-state index is -4.35. The van der Waals surface area contributed by atoms with Crippen LogP contribution in [0.15, 0.2) is 48.5 Å². The van der Waals surface area contributed by atoms with Gasteiger partial charge < -0.3 is 5.32 Å². The van der Waals surface area contributed by atoms with Crippen molar-refractivity contribution in [1.82, 2.24) is 5.32 Å². The number of carbonyl (C=O) groups excluding carboxylic acids is 1. The molecule has 0 atom stereocenters. The summed E-state index contributed by atoms with van der Waals surface area (Å²) in [5.74, 6) is 5.43. The van der Waals surface area contributed by atoms with Gasteiger partial charge in [-0.25, -0.2) is 0 Å². The predicted molar refractivity (Wildman–Crippen MR) is 77.3 cm³/mol. The molecule has 0 bridgehead atoms. The van der Waals surface area contributed by atoms with E-state index in [1.165, 1.54) is 12.1 Å². The van der Waals surface area contributed by atoms with Gasteiger partial charge >= 0.3 is 6.18 Å². The quantitative estimate of drug-likeness (QED) is 0.803. The highest BCUT2D eigenvalue weighted by Crippen LogP contribution is 2.28. The molecule has 0 aliphatic heterocycles. The van der Waals surface area contributed by atoms with Crippen LogP contribution in [0, 0.1) is 11.8 Å². The number of rotatable bonds is 1. The summed E-state index contributed by atoms with van der Waals surface area (Å²) in [6.45, 7) is 0. The Morgan fingerprint density at radius 3 is 1.77 bits per heavy atom. The van der Waals surface area contributed by atoms with E-state index in [1.807, 2.05) is 0 Å². The van der Waals surface area contributed by atoms with Crippen molar-refractivity contribution in [2.45, 2.75) is 6.18 Å². The van der Waals surface area contributed by atoms with E-state index in [0.29, 0.717) is 16.7 Å². The molecular formula is C17H12F3NO. The van der Waals surface area contributed by atoms with Crippen molar-refractivity contribution in [2.24, 2.45) is 0 Å². The predicted octanol–water partition coefficient (Wildman–Crippen LogP) is 3.46. The highest BCUT2D eigenvalue weighted by Gasteiger charge is 2.29. The number of nitrogens with one attached hydrogen (secondary N) is 1. The average molecular weight is 303 g/mol. The normalized spacial score (nSPS) is 10.5. The second-order valence-electron chi connectivity index (χ2n) is 4.48. The third-order valence-corrected chi connectivity index (χ3v) is 2.94. The Morgan fingerprint density at radius 2 is 1.36 bits per heavy atom. The molecule has 1 amide bonds. The Balaban J connectivity index is 2.15. The molecule has 2 rings (SSSR count). The Kier molecular flexibility index (Phi) is 4.52. The van der Waals surface area contributed by atoms with E-state index in [2.05, 4.69) is 17.2 Å². The first-order valence-corrected chi connectivity index (χ1v) is 6.41. The van der Waals surface area contributed by atoms with Crippen LogP contribution >= 0.6 is 0 Å². The van der Waals surface area contributed by atoms with Crippen molar-refractivity contribution in [3.05, 3.63) is 70.8 Å². The minimum absolute atomic E-state index is 0.192. The molecule has 112 valence electrons. The molecule has 5 heteroatoms. The second kappa shape index (κ2) is 6.35. The molecule has 2 nitrogen and oxygen atoms in total. The van der Waals surface area contributed by atoms with Gasteiger partial charge in [0.25, 0.3) is 5.91 Å². The number of hydrogen-bond acceptors (Lipinski definition) is 1. The van der Waals surface area contributed by atoms with Gasteiger partial charge in [0.2, 0.25) is 0 Å². The van der Waals surface area contributed by atoms with Gasteiger partial charge in [-0.15, -0.1) is 0 Å². The third-order valence-electron chi connectivity index (χ3n) is 2.94. The Morgan fingerprint density at radius 1 is 0.909 bits per heavy atom. The van der Waals surface area contributed by atoms with Crippen molar-refractivity contribution in [3.63, 3.8) is 0 Å². The summed E-state index contributed by atoms with van der Waals surface area (Å²) in [6.07, 6.45) is -4.35. The number of halogens is 3. The largest absolute Gasteiger partial charge is 0.416 e. The first-order chi connectivity index (χ1) is 10.4. The zero-order valence-electron chi connectivity index (χ0n) is 11.7. The summed E-state index contributed by atoms with van der Waals surface area (Å²) >= 11 is 0. The molecule has 0 spiro atoms. The van der Waals surface area contributed by atoms with Gasteiger partial charge in [0.1, 0.15) is 0 Å². The minimum Gasteiger partial charge on any atom is -0.355 e. The van der Waals surface area contributed by atoms with Crippen molar-refractivity contribution < 1.29 is 18.0 Å². The summed E-state index contributed by atoms with van der Waals surface area (Å²) in [4.78, 5) is 11.4. The highest BCUT2D eigenvalue weighted by atomic mass is 19.4. The van der Waals surface area contributed by atoms with Gasteiger partial charge in [-0.05, 0) is 48.5 Å². The first-order valence-electron chi connectivity index (χ1n) is 6.41. The Labute approximate surface area is 126 Å². The van der Waals surface area contributed by atoms with Gasteiger partial charge in [0.15, 0.2) is 0 Å². The van der Waals surface area contributed by atoms with Crippen LogP contribution in [0.4, 0.5) is 13.2 Å². The summed E-state index contributed by atoms with van der Waals surface area (Å²) < 4.78 is 37.3. The SMILES string of the molecule is CNC(=O)c1ccc(C#Cc2ccc(C(F)(F)F)cc2)cc1. The number of alkyl halides is 3. The maximum absolute atomic E-state index is 12.4. The molecule has 2 aromatic carbocycles. The van der Waals surface area contributed by atoms with Crippen LogP contribution in [0.3, 0.4) is 0 Å². The van der Waals surface area contributed by atoms with E-state index in [4.69, 9.17) is 0 Å². The molecule has 1 N–H and O–H groups in total. The molecule has 2 aromatic rings. The van der Waals surface area contributed by atoms with Crippen molar-refractivity contribution in [2.75, 3.05) is 7.05 Å². The molecular weight excluding hydrogens is 291 g/mol. The lowest BCUT2D eigenvalue weighted by atomic mass is 10.1. The smallest absolute Gasteiger partial charge is 0.355 e. The number of hydrogen-bond donors (Lipinski definition) is 1. The summed E-state index contributed by atoms with van der Waals surface area (Å²) in [6, 6.07) is 11.3. The molecule has 0 fully saturated rings. The van der Waals surface area contributed by atoms with Gasteiger partial charge in [-0.1, -0.05) is 11.8 Å². The lowest BCUT2D eigenvalue weighted by Crippen LogP contribution is -2.17. The topological polar surface area (TPSA) is 29.1 Å². The summed E-state index contributed by atoms with van der Waals surface area (Å²) in [7, 11) is 1.54. The molecule has 0 unspecified atom stereocenters. The van der Waals surface area contributed by atoms with E-state index in [1.54, 1.807) is 31.3 Å². The zero-order valence-corrected chi connectivity index (χ0v) is 11.7. The molecule has 0 aliphatic carbocycles. The molecule has 0 saturated heterocycles. The van der Waals surface area contributed by atoms with Crippen LogP contribution in [0.1, 0.15) is 27.0 Å². The third kappa shape index (κ3) is 3.89. The van der Waals surface area contributed by atoms with Gasteiger partial charge in [0, 0.05) is 23.7 Å².